The van der Waals surface area contributed by atoms with Crippen LogP contribution in [0.3, 0.4) is 0 Å². The monoisotopic (exact) mass is 408 g/mol. The number of rotatable bonds is 3. The van der Waals surface area contributed by atoms with Crippen LogP contribution in [0.2, 0.25) is 0 Å². The van der Waals surface area contributed by atoms with Crippen molar-refractivity contribution in [2.45, 2.75) is 48.8 Å². The number of alkyl halides is 1. The number of carboxylic acids is 1. The summed E-state index contributed by atoms with van der Waals surface area (Å²) >= 11 is 7.44. The first-order valence-electron chi connectivity index (χ1n) is 7.22. The maximum atomic E-state index is 12.3. The Morgan fingerprint density at radius 3 is 2.68 bits per heavy atom. The van der Waals surface area contributed by atoms with Crippen LogP contribution in [0.5, 0.6) is 0 Å². The molecular weight excluding hydrogens is 392 g/mol. The van der Waals surface area contributed by atoms with E-state index in [1.54, 1.807) is 17.8 Å². The van der Waals surface area contributed by atoms with Crippen LogP contribution in [0.4, 0.5) is 0 Å². The number of carboxylic acid groups (broad SMARTS) is 1. The largest absolute Gasteiger partial charge is 1.00 e. The van der Waals surface area contributed by atoms with Gasteiger partial charge in [0.2, 0.25) is 0 Å². The number of carbonyl (C=O) groups excluding carboxylic acids is 1. The summed E-state index contributed by atoms with van der Waals surface area (Å²) in [6.07, 6.45) is 7.18. The number of thioether (sulfide) groups is 1. The molecular formula is C14H18BrClN2O3S. The molecule has 1 saturated carbocycles. The highest BCUT2D eigenvalue weighted by molar-refractivity contribution is 8.01. The molecule has 122 valence electrons. The minimum Gasteiger partial charge on any atom is -1.00 e. The van der Waals surface area contributed by atoms with Crippen LogP contribution < -0.4 is 22.0 Å². The minimum atomic E-state index is -1.06. The molecule has 2 N–H and O–H groups in total. The SMILES string of the molecule is O=C(O)C1=CC(CCl)S[C@@H]2C([NH+]=C3CCCCC3)C(=O)N12.[Br-]. The summed E-state index contributed by atoms with van der Waals surface area (Å²) in [7, 11) is 0. The molecule has 0 aromatic carbocycles. The highest BCUT2D eigenvalue weighted by Gasteiger charge is 2.57. The molecule has 0 bridgehead atoms. The van der Waals surface area contributed by atoms with Crippen molar-refractivity contribution in [2.24, 2.45) is 0 Å². The number of nitrogens with zero attached hydrogens (tertiary/aromatic N) is 1. The van der Waals surface area contributed by atoms with Crippen molar-refractivity contribution < 1.29 is 36.7 Å². The highest BCUT2D eigenvalue weighted by atomic mass is 79.9. The number of nitrogens with one attached hydrogen (secondary N) is 1. The standard InChI is InChI=1S/C14H17ClN2O3S.BrH/c15-7-9-6-10(14(19)20)17-12(18)11(13(17)21-9)16-8-4-2-1-3-5-8;/h6,9,11,13H,1-5,7H2,(H,19,20);1H/t9?,11?,13-;/m1./s1. The molecule has 1 aliphatic carbocycles. The quantitative estimate of drug-likeness (QED) is 0.394. The van der Waals surface area contributed by atoms with Gasteiger partial charge in [-0.05, 0) is 18.9 Å². The summed E-state index contributed by atoms with van der Waals surface area (Å²) in [6.45, 7) is 0. The first-order chi connectivity index (χ1) is 10.1. The van der Waals surface area contributed by atoms with Crippen LogP contribution in [0.1, 0.15) is 32.1 Å². The molecule has 2 aliphatic heterocycles. The number of carbonyl (C=O) groups is 2. The van der Waals surface area contributed by atoms with Gasteiger partial charge in [-0.25, -0.2) is 9.79 Å². The summed E-state index contributed by atoms with van der Waals surface area (Å²) in [5, 5.41) is 9.04. The number of fused-ring (bicyclic) bond motifs is 1. The molecule has 2 fully saturated rings. The predicted molar refractivity (Wildman–Crippen MR) is 81.3 cm³/mol. The van der Waals surface area contributed by atoms with Crippen molar-refractivity contribution in [3.8, 4) is 0 Å². The van der Waals surface area contributed by atoms with E-state index in [9.17, 15) is 14.7 Å². The number of aliphatic carboxylic acids is 1. The molecule has 1 amide bonds. The Morgan fingerprint density at radius 2 is 2.09 bits per heavy atom. The zero-order valence-electron chi connectivity index (χ0n) is 11.9. The first-order valence-corrected chi connectivity index (χ1v) is 8.70. The predicted octanol–water partition coefficient (Wildman–Crippen LogP) is -2.66. The Kier molecular flexibility index (Phi) is 5.96. The van der Waals surface area contributed by atoms with Crippen LogP contribution >= 0.6 is 23.4 Å². The third-order valence-corrected chi connectivity index (χ3v) is 6.08. The molecule has 0 aromatic rings. The lowest BCUT2D eigenvalue weighted by Crippen LogP contribution is -3.00. The van der Waals surface area contributed by atoms with E-state index in [0.29, 0.717) is 5.88 Å². The number of hydrogen-bond acceptors (Lipinski definition) is 3. The Hall–Kier alpha value is -0.530. The van der Waals surface area contributed by atoms with Gasteiger partial charge in [0.1, 0.15) is 5.70 Å². The highest BCUT2D eigenvalue weighted by Crippen LogP contribution is 2.39. The maximum absolute atomic E-state index is 12.3. The molecule has 3 atom stereocenters. The fraction of sp³-hybridized carbons (Fsp3) is 0.643. The summed E-state index contributed by atoms with van der Waals surface area (Å²) < 4.78 is 0. The van der Waals surface area contributed by atoms with Gasteiger partial charge in [-0.3, -0.25) is 9.69 Å². The zero-order chi connectivity index (χ0) is 15.0. The van der Waals surface area contributed by atoms with E-state index >= 15 is 0 Å². The van der Waals surface area contributed by atoms with Crippen LogP contribution in [0.15, 0.2) is 11.8 Å². The molecule has 8 heteroatoms. The summed E-state index contributed by atoms with van der Waals surface area (Å²) in [5.41, 5.74) is 1.30. The van der Waals surface area contributed by atoms with E-state index < -0.39 is 5.97 Å². The average Bonchev–Trinajstić information content (AvgIpc) is 2.51. The second-order valence-corrected chi connectivity index (χ2v) is 7.24. The summed E-state index contributed by atoms with van der Waals surface area (Å²) in [5.74, 6) is -0.858. The molecule has 3 rings (SSSR count). The van der Waals surface area contributed by atoms with Crippen molar-refractivity contribution in [3.05, 3.63) is 11.8 Å². The average molecular weight is 410 g/mol. The Balaban J connectivity index is 0.00000176. The first kappa shape index (κ1) is 17.8. The third kappa shape index (κ3) is 3.21. The number of β-lactam (4-membered cyclic amide) rings is 1. The van der Waals surface area contributed by atoms with E-state index in [4.69, 9.17) is 11.6 Å². The number of halogens is 2. The van der Waals surface area contributed by atoms with Crippen LogP contribution in [-0.2, 0) is 9.59 Å². The lowest BCUT2D eigenvalue weighted by molar-refractivity contribution is -0.505. The van der Waals surface area contributed by atoms with E-state index in [-0.39, 0.29) is 45.3 Å². The van der Waals surface area contributed by atoms with Crippen molar-refractivity contribution in [2.75, 3.05) is 5.88 Å². The van der Waals surface area contributed by atoms with Gasteiger partial charge in [0.05, 0.1) is 0 Å². The molecule has 3 aliphatic rings. The van der Waals surface area contributed by atoms with Crippen LogP contribution in [0, 0.1) is 0 Å². The number of hydrogen-bond donors (Lipinski definition) is 2. The second-order valence-electron chi connectivity index (χ2n) is 5.57. The van der Waals surface area contributed by atoms with Crippen LogP contribution in [0.25, 0.3) is 0 Å². The van der Waals surface area contributed by atoms with Crippen molar-refractivity contribution in [1.82, 2.24) is 4.90 Å². The second kappa shape index (κ2) is 7.36. The summed E-state index contributed by atoms with van der Waals surface area (Å²) in [4.78, 5) is 28.3. The zero-order valence-corrected chi connectivity index (χ0v) is 15.1. The summed E-state index contributed by atoms with van der Waals surface area (Å²) in [6, 6.07) is -0.308. The molecule has 0 aromatic heterocycles. The topological polar surface area (TPSA) is 71.6 Å². The molecule has 1 saturated heterocycles. The van der Waals surface area contributed by atoms with Crippen molar-refractivity contribution in [3.63, 3.8) is 0 Å². The molecule has 5 nitrogen and oxygen atoms in total. The fourth-order valence-electron chi connectivity index (χ4n) is 3.07. The Bertz CT molecular complexity index is 532. The lowest BCUT2D eigenvalue weighted by Gasteiger charge is -2.45. The van der Waals surface area contributed by atoms with Crippen molar-refractivity contribution >= 4 is 41.0 Å². The van der Waals surface area contributed by atoms with Crippen LogP contribution in [-0.4, -0.2) is 50.1 Å². The number of amides is 1. The van der Waals surface area contributed by atoms with E-state index in [1.807, 2.05) is 0 Å². The lowest BCUT2D eigenvalue weighted by atomic mass is 9.97. The van der Waals surface area contributed by atoms with E-state index in [2.05, 4.69) is 4.99 Å². The molecule has 2 unspecified atom stereocenters. The van der Waals surface area contributed by atoms with Gasteiger partial charge in [-0.15, -0.1) is 23.4 Å². The van der Waals surface area contributed by atoms with Gasteiger partial charge in [0, 0.05) is 24.0 Å². The molecule has 22 heavy (non-hydrogen) atoms. The minimum absolute atomic E-state index is 0. The van der Waals surface area contributed by atoms with Gasteiger partial charge in [0.15, 0.2) is 11.1 Å². The van der Waals surface area contributed by atoms with Gasteiger partial charge in [-0.1, -0.05) is 6.42 Å². The normalized spacial score (nSPS) is 30.7. The third-order valence-electron chi connectivity index (χ3n) is 4.15. The van der Waals surface area contributed by atoms with Gasteiger partial charge < -0.3 is 22.1 Å². The Morgan fingerprint density at radius 1 is 1.41 bits per heavy atom. The van der Waals surface area contributed by atoms with Gasteiger partial charge in [-0.2, -0.15) is 0 Å². The van der Waals surface area contributed by atoms with E-state index in [0.717, 1.165) is 25.7 Å². The molecule has 0 radical (unpaired) electrons. The van der Waals surface area contributed by atoms with Crippen molar-refractivity contribution in [1.29, 1.82) is 0 Å². The van der Waals surface area contributed by atoms with Gasteiger partial charge in [0.25, 0.3) is 11.9 Å². The molecule has 0 spiro atoms. The Labute approximate surface area is 148 Å². The maximum Gasteiger partial charge on any atom is 0.352 e. The fourth-order valence-corrected chi connectivity index (χ4v) is 4.69. The molecule has 2 heterocycles. The smallest absolute Gasteiger partial charge is 0.352 e. The van der Waals surface area contributed by atoms with E-state index in [1.165, 1.54) is 17.0 Å². The van der Waals surface area contributed by atoms with Gasteiger partial charge >= 0.3 is 5.97 Å².